The summed E-state index contributed by atoms with van der Waals surface area (Å²) in [6.45, 7) is -0.472. The van der Waals surface area contributed by atoms with Crippen LogP contribution in [0.25, 0.3) is 0 Å². The summed E-state index contributed by atoms with van der Waals surface area (Å²) in [5, 5.41) is 2.94. The fourth-order valence-corrected chi connectivity index (χ4v) is 3.09. The van der Waals surface area contributed by atoms with Gasteiger partial charge in [-0.25, -0.2) is 4.79 Å². The Hall–Kier alpha value is -1.40. The molecule has 0 aliphatic rings. The van der Waals surface area contributed by atoms with Gasteiger partial charge in [0.25, 0.3) is 5.91 Å². The lowest BCUT2D eigenvalue weighted by atomic mass is 10.2. The van der Waals surface area contributed by atoms with Crippen molar-refractivity contribution < 1.29 is 14.3 Å². The molecule has 2 aromatic carbocycles. The minimum Gasteiger partial charge on any atom is -0.452 e. The summed E-state index contributed by atoms with van der Waals surface area (Å²) in [6.07, 6.45) is 1.90. The van der Waals surface area contributed by atoms with E-state index in [1.165, 1.54) is 23.9 Å². The number of hydrogen-bond donors (Lipinski definition) is 1. The van der Waals surface area contributed by atoms with Crippen LogP contribution in [0.3, 0.4) is 0 Å². The van der Waals surface area contributed by atoms with Crippen LogP contribution in [-0.4, -0.2) is 24.7 Å². The van der Waals surface area contributed by atoms with Crippen molar-refractivity contribution in [2.75, 3.05) is 18.2 Å². The van der Waals surface area contributed by atoms with Crippen LogP contribution in [0.5, 0.6) is 0 Å². The smallest absolute Gasteiger partial charge is 0.341 e. The normalized spacial score (nSPS) is 10.3. The van der Waals surface area contributed by atoms with Crippen molar-refractivity contribution in [2.24, 2.45) is 0 Å². The van der Waals surface area contributed by atoms with Gasteiger partial charge in [-0.15, -0.1) is 11.8 Å². The predicted molar refractivity (Wildman–Crippen MR) is 98.6 cm³/mol. The monoisotopic (exact) mass is 403 g/mol. The number of ether oxygens (including phenoxy) is 1. The second-order valence-electron chi connectivity index (χ2n) is 4.54. The number of carbonyl (C=O) groups is 2. The molecule has 0 saturated carbocycles. The van der Waals surface area contributed by atoms with Crippen molar-refractivity contribution in [2.45, 2.75) is 4.90 Å². The summed E-state index contributed by atoms with van der Waals surface area (Å²) < 4.78 is 4.97. The lowest BCUT2D eigenvalue weighted by Gasteiger charge is -2.11. The fraction of sp³-hybridized carbons (Fsp3) is 0.125. The fourth-order valence-electron chi connectivity index (χ4n) is 1.85. The van der Waals surface area contributed by atoms with Gasteiger partial charge in [-0.2, -0.15) is 0 Å². The zero-order valence-corrected chi connectivity index (χ0v) is 15.5. The Balaban J connectivity index is 2.02. The number of thioether (sulfide) groups is 1. The van der Waals surface area contributed by atoms with E-state index in [1.807, 2.05) is 18.4 Å². The minimum atomic E-state index is -0.819. The molecule has 0 bridgehead atoms. The molecule has 0 aromatic heterocycles. The zero-order chi connectivity index (χ0) is 17.7. The minimum absolute atomic E-state index is 0.0118. The number of anilines is 1. The highest BCUT2D eigenvalue weighted by Gasteiger charge is 2.20. The molecule has 1 amide bonds. The van der Waals surface area contributed by atoms with Crippen molar-refractivity contribution in [1.82, 2.24) is 0 Å². The molecule has 2 rings (SSSR count). The van der Waals surface area contributed by atoms with Crippen molar-refractivity contribution in [3.63, 3.8) is 0 Å². The zero-order valence-electron chi connectivity index (χ0n) is 12.4. The molecular formula is C16H12Cl3NO3S. The average molecular weight is 405 g/mol. The quantitative estimate of drug-likeness (QED) is 0.424. The first-order valence-electron chi connectivity index (χ1n) is 6.67. The maximum atomic E-state index is 12.1. The molecule has 0 radical (unpaired) electrons. The van der Waals surface area contributed by atoms with Crippen LogP contribution in [-0.2, 0) is 9.53 Å². The van der Waals surface area contributed by atoms with Crippen molar-refractivity contribution in [3.8, 4) is 0 Å². The maximum Gasteiger partial charge on any atom is 0.341 e. The maximum absolute atomic E-state index is 12.1. The van der Waals surface area contributed by atoms with E-state index in [2.05, 4.69) is 5.32 Å². The summed E-state index contributed by atoms with van der Waals surface area (Å²) in [5.74, 6) is -1.29. The van der Waals surface area contributed by atoms with Crippen LogP contribution in [0.15, 0.2) is 41.3 Å². The first-order chi connectivity index (χ1) is 11.4. The highest BCUT2D eigenvalue weighted by Crippen LogP contribution is 2.32. The largest absolute Gasteiger partial charge is 0.452 e. The van der Waals surface area contributed by atoms with Gasteiger partial charge in [-0.05, 0) is 30.5 Å². The lowest BCUT2D eigenvalue weighted by Crippen LogP contribution is -2.21. The van der Waals surface area contributed by atoms with Gasteiger partial charge in [0.1, 0.15) is 0 Å². The SMILES string of the molecule is CSc1ccccc1NC(=O)COC(=O)c1c(Cl)ccc(Cl)c1Cl. The molecular weight excluding hydrogens is 393 g/mol. The van der Waals surface area contributed by atoms with E-state index in [-0.39, 0.29) is 20.6 Å². The first kappa shape index (κ1) is 18.9. The van der Waals surface area contributed by atoms with Crippen LogP contribution in [0.2, 0.25) is 15.1 Å². The molecule has 4 nitrogen and oxygen atoms in total. The Bertz CT molecular complexity index is 783. The number of hydrogen-bond acceptors (Lipinski definition) is 4. The van der Waals surface area contributed by atoms with E-state index in [0.29, 0.717) is 5.69 Å². The van der Waals surface area contributed by atoms with Crippen LogP contribution < -0.4 is 5.32 Å². The molecule has 0 aliphatic heterocycles. The molecule has 0 spiro atoms. The van der Waals surface area contributed by atoms with Gasteiger partial charge in [0.05, 0.1) is 26.3 Å². The predicted octanol–water partition coefficient (Wildman–Crippen LogP) is 5.16. The third-order valence-corrected chi connectivity index (χ3v) is 4.88. The van der Waals surface area contributed by atoms with Gasteiger partial charge in [-0.1, -0.05) is 46.9 Å². The topological polar surface area (TPSA) is 55.4 Å². The second-order valence-corrected chi connectivity index (χ2v) is 6.58. The molecule has 126 valence electrons. The molecule has 8 heteroatoms. The molecule has 0 heterocycles. The van der Waals surface area contributed by atoms with E-state index < -0.39 is 18.5 Å². The summed E-state index contributed by atoms with van der Waals surface area (Å²) in [6, 6.07) is 10.2. The van der Waals surface area contributed by atoms with Gasteiger partial charge in [0.15, 0.2) is 6.61 Å². The average Bonchev–Trinajstić information content (AvgIpc) is 2.57. The van der Waals surface area contributed by atoms with Gasteiger partial charge in [0, 0.05) is 4.90 Å². The third kappa shape index (κ3) is 4.57. The van der Waals surface area contributed by atoms with Crippen LogP contribution >= 0.6 is 46.6 Å². The third-order valence-electron chi connectivity index (χ3n) is 2.96. The number of nitrogens with one attached hydrogen (secondary N) is 1. The van der Waals surface area contributed by atoms with E-state index in [0.717, 1.165) is 4.90 Å². The van der Waals surface area contributed by atoms with Crippen LogP contribution in [0.4, 0.5) is 5.69 Å². The highest BCUT2D eigenvalue weighted by molar-refractivity contribution is 7.98. The lowest BCUT2D eigenvalue weighted by molar-refractivity contribution is -0.119. The first-order valence-corrected chi connectivity index (χ1v) is 9.03. The Kier molecular flexibility index (Phi) is 6.80. The summed E-state index contributed by atoms with van der Waals surface area (Å²) >= 11 is 19.2. The molecule has 0 fully saturated rings. The number of rotatable bonds is 5. The van der Waals surface area contributed by atoms with Gasteiger partial charge < -0.3 is 10.1 Å². The number of para-hydroxylation sites is 1. The molecule has 2 aromatic rings. The van der Waals surface area contributed by atoms with E-state index in [1.54, 1.807) is 12.1 Å². The van der Waals surface area contributed by atoms with E-state index in [9.17, 15) is 9.59 Å². The number of benzene rings is 2. The molecule has 0 atom stereocenters. The molecule has 0 saturated heterocycles. The Morgan fingerprint density at radius 1 is 1.08 bits per heavy atom. The van der Waals surface area contributed by atoms with E-state index in [4.69, 9.17) is 39.5 Å². The molecule has 0 unspecified atom stereocenters. The Morgan fingerprint density at radius 3 is 2.46 bits per heavy atom. The van der Waals surface area contributed by atoms with Crippen LogP contribution in [0.1, 0.15) is 10.4 Å². The number of amides is 1. The van der Waals surface area contributed by atoms with Crippen molar-refractivity contribution in [1.29, 1.82) is 0 Å². The summed E-state index contributed by atoms with van der Waals surface area (Å²) in [4.78, 5) is 24.9. The van der Waals surface area contributed by atoms with E-state index >= 15 is 0 Å². The van der Waals surface area contributed by atoms with Gasteiger partial charge in [-0.3, -0.25) is 4.79 Å². The van der Waals surface area contributed by atoms with Gasteiger partial charge >= 0.3 is 5.97 Å². The number of esters is 1. The highest BCUT2D eigenvalue weighted by atomic mass is 35.5. The Labute approximate surface area is 158 Å². The standard InChI is InChI=1S/C16H12Cl3NO3S/c1-24-12-5-3-2-4-11(12)20-13(21)8-23-16(22)14-9(17)6-7-10(18)15(14)19/h2-7H,8H2,1H3,(H,20,21). The summed E-state index contributed by atoms with van der Waals surface area (Å²) in [7, 11) is 0. The second kappa shape index (κ2) is 8.62. The number of halogens is 3. The summed E-state index contributed by atoms with van der Waals surface area (Å²) in [5.41, 5.74) is 0.577. The number of carbonyl (C=O) groups excluding carboxylic acids is 2. The van der Waals surface area contributed by atoms with Crippen LogP contribution in [0, 0.1) is 0 Å². The van der Waals surface area contributed by atoms with Crippen molar-refractivity contribution >= 4 is 64.1 Å². The molecule has 1 N–H and O–H groups in total. The molecule has 0 aliphatic carbocycles. The van der Waals surface area contributed by atoms with Crippen molar-refractivity contribution in [3.05, 3.63) is 57.0 Å². The Morgan fingerprint density at radius 2 is 1.75 bits per heavy atom. The molecule has 24 heavy (non-hydrogen) atoms. The van der Waals surface area contributed by atoms with Gasteiger partial charge in [0.2, 0.25) is 0 Å².